The van der Waals surface area contributed by atoms with Crippen molar-refractivity contribution in [2.24, 2.45) is 5.92 Å². The van der Waals surface area contributed by atoms with Crippen LogP contribution in [0.4, 0.5) is 10.5 Å². The third-order valence-corrected chi connectivity index (χ3v) is 3.48. The summed E-state index contributed by atoms with van der Waals surface area (Å²) in [5.74, 6) is 0.165. The number of nitrogens with one attached hydrogen (secondary N) is 1. The average molecular weight is 332 g/mol. The smallest absolute Gasteiger partial charge is 0.408 e. The summed E-state index contributed by atoms with van der Waals surface area (Å²) in [6, 6.07) is 1.29. The van der Waals surface area contributed by atoms with Crippen LogP contribution in [0.1, 0.15) is 39.7 Å². The van der Waals surface area contributed by atoms with Gasteiger partial charge < -0.3 is 10.1 Å². The van der Waals surface area contributed by atoms with E-state index in [4.69, 9.17) is 4.74 Å². The first kappa shape index (κ1) is 17.9. The number of carbonyl (C=O) groups excluding carboxylic acids is 1. The third kappa shape index (κ3) is 4.78. The lowest BCUT2D eigenvalue weighted by molar-refractivity contribution is -0.385. The first-order valence-electron chi connectivity index (χ1n) is 7.79. The lowest BCUT2D eigenvalue weighted by atomic mass is 9.84. The molecule has 1 aromatic rings. The zero-order chi connectivity index (χ0) is 17.9. The molecule has 0 aromatic carbocycles. The molecule has 7 heteroatoms. The van der Waals surface area contributed by atoms with Crippen LogP contribution in [0, 0.1) is 22.5 Å². The van der Waals surface area contributed by atoms with Crippen LogP contribution in [0.25, 0.3) is 5.57 Å². The number of hydrogen-bond donors (Lipinski definition) is 1. The highest BCUT2D eigenvalue weighted by Gasteiger charge is 2.27. The molecule has 2 rings (SSSR count). The molecule has 0 fully saturated rings. The van der Waals surface area contributed by atoms with E-state index in [0.29, 0.717) is 12.0 Å². The van der Waals surface area contributed by atoms with E-state index in [1.54, 1.807) is 26.8 Å². The Kier molecular flexibility index (Phi) is 5.21. The molecule has 24 heavy (non-hydrogen) atoms. The van der Waals surface area contributed by atoms with Gasteiger partial charge in [0.1, 0.15) is 11.8 Å². The highest BCUT2D eigenvalue weighted by molar-refractivity contribution is 5.75. The second kappa shape index (κ2) is 6.98. The molecule has 7 nitrogen and oxygen atoms in total. The fraction of sp³-hybridized carbons (Fsp3) is 0.471. The number of ether oxygens (including phenoxy) is 1. The van der Waals surface area contributed by atoms with Gasteiger partial charge in [0.15, 0.2) is 0 Å². The third-order valence-electron chi connectivity index (χ3n) is 3.48. The summed E-state index contributed by atoms with van der Waals surface area (Å²) >= 11 is 0. The van der Waals surface area contributed by atoms with E-state index < -0.39 is 16.6 Å². The predicted octanol–water partition coefficient (Wildman–Crippen LogP) is 3.51. The van der Waals surface area contributed by atoms with Crippen molar-refractivity contribution < 1.29 is 14.5 Å². The molecule has 0 saturated heterocycles. The van der Waals surface area contributed by atoms with E-state index in [0.717, 1.165) is 5.57 Å². The van der Waals surface area contributed by atoms with E-state index >= 15 is 0 Å². The van der Waals surface area contributed by atoms with Gasteiger partial charge in [-0.1, -0.05) is 13.0 Å². The summed E-state index contributed by atoms with van der Waals surface area (Å²) in [6.07, 6.45) is 6.74. The van der Waals surface area contributed by atoms with Crippen molar-refractivity contribution >= 4 is 17.4 Å². The van der Waals surface area contributed by atoms with Gasteiger partial charge in [0, 0.05) is 6.20 Å². The topological polar surface area (TPSA) is 94.4 Å². The lowest BCUT2D eigenvalue weighted by Crippen LogP contribution is -2.40. The number of pyridine rings is 1. The van der Waals surface area contributed by atoms with Crippen LogP contribution in [-0.2, 0) is 4.74 Å². The second-order valence-electron chi connectivity index (χ2n) is 6.89. The molecule has 1 aliphatic rings. The van der Waals surface area contributed by atoms with Crippen molar-refractivity contribution in [2.75, 3.05) is 0 Å². The number of carbonyl (C=O) groups is 1. The first-order valence-corrected chi connectivity index (χ1v) is 7.79. The summed E-state index contributed by atoms with van der Waals surface area (Å²) in [4.78, 5) is 26.5. The van der Waals surface area contributed by atoms with Gasteiger partial charge in [-0.2, -0.15) is 0 Å². The van der Waals surface area contributed by atoms with Gasteiger partial charge in [-0.25, -0.2) is 4.79 Å². The maximum absolute atomic E-state index is 12.0. The maximum Gasteiger partial charge on any atom is 0.408 e. The fourth-order valence-corrected chi connectivity index (χ4v) is 2.65. The molecule has 0 spiro atoms. The van der Waals surface area contributed by atoms with E-state index in [1.165, 1.54) is 12.4 Å². The number of aromatic nitrogens is 1. The quantitative estimate of drug-likeness (QED) is 0.675. The van der Waals surface area contributed by atoms with Crippen LogP contribution in [0.15, 0.2) is 24.5 Å². The molecule has 1 amide bonds. The monoisotopic (exact) mass is 332 g/mol. The summed E-state index contributed by atoms with van der Waals surface area (Å²) in [7, 11) is 0. The molecule has 2 unspecified atom stereocenters. The number of allylic oxidation sites excluding steroid dienone is 1. The number of nitrogens with zero attached hydrogens (tertiary/aromatic N) is 2. The van der Waals surface area contributed by atoms with E-state index in [1.807, 2.05) is 19.4 Å². The van der Waals surface area contributed by atoms with Gasteiger partial charge in [0.05, 0.1) is 16.5 Å². The molecular weight excluding hydrogens is 310 g/mol. The van der Waals surface area contributed by atoms with Gasteiger partial charge in [-0.15, -0.1) is 0 Å². The number of rotatable bonds is 3. The lowest BCUT2D eigenvalue weighted by Gasteiger charge is -2.28. The Bertz CT molecular complexity index is 664. The number of nitro groups is 1. The second-order valence-corrected chi connectivity index (χ2v) is 6.89. The van der Waals surface area contributed by atoms with Crippen LogP contribution >= 0.6 is 0 Å². The van der Waals surface area contributed by atoms with Crippen molar-refractivity contribution in [1.82, 2.24) is 10.3 Å². The molecule has 0 saturated carbocycles. The summed E-state index contributed by atoms with van der Waals surface area (Å²) < 4.78 is 5.26. The van der Waals surface area contributed by atoms with E-state index in [2.05, 4.69) is 10.3 Å². The predicted molar refractivity (Wildman–Crippen MR) is 90.1 cm³/mol. The summed E-state index contributed by atoms with van der Waals surface area (Å²) in [5.41, 5.74) is 0.737. The molecule has 129 valence electrons. The summed E-state index contributed by atoms with van der Waals surface area (Å²) in [5, 5.41) is 14.0. The molecule has 1 N–H and O–H groups in total. The minimum atomic E-state index is -0.583. The largest absolute Gasteiger partial charge is 0.444 e. The van der Waals surface area contributed by atoms with E-state index in [9.17, 15) is 14.9 Å². The van der Waals surface area contributed by atoms with Gasteiger partial charge >= 0.3 is 6.09 Å². The minimum Gasteiger partial charge on any atom is -0.444 e. The van der Waals surface area contributed by atoms with Crippen LogP contribution in [0.3, 0.4) is 0 Å². The highest BCUT2D eigenvalue weighted by Crippen LogP contribution is 2.34. The Morgan fingerprint density at radius 3 is 2.79 bits per heavy atom. The maximum atomic E-state index is 12.0. The van der Waals surface area contributed by atoms with Crippen molar-refractivity contribution in [3.8, 4) is 0 Å². The van der Waals surface area contributed by atoms with Crippen LogP contribution < -0.4 is 5.32 Å². The van der Waals surface area contributed by atoms with Gasteiger partial charge in [-0.3, -0.25) is 15.1 Å². The molecular formula is C17H22N3O4. The average Bonchev–Trinajstić information content (AvgIpc) is 2.44. The van der Waals surface area contributed by atoms with Gasteiger partial charge in [0.25, 0.3) is 5.69 Å². The van der Waals surface area contributed by atoms with Gasteiger partial charge in [-0.05, 0) is 51.2 Å². The van der Waals surface area contributed by atoms with Crippen LogP contribution in [0.2, 0.25) is 0 Å². The number of hydrogen-bond acceptors (Lipinski definition) is 5. The standard InChI is InChI=1S/C17H22N3O4/c1-11-7-12(14-5-6-18-10-15(14)20(22)23)9-13(8-11)19-16(21)24-17(2,3)4/h5-6,8-11,13H,7H2,1-4H3,(H,19,21). The zero-order valence-corrected chi connectivity index (χ0v) is 14.3. The molecule has 0 bridgehead atoms. The Morgan fingerprint density at radius 2 is 2.17 bits per heavy atom. The Morgan fingerprint density at radius 1 is 1.46 bits per heavy atom. The highest BCUT2D eigenvalue weighted by atomic mass is 16.6. The van der Waals surface area contributed by atoms with Crippen molar-refractivity contribution in [1.29, 1.82) is 0 Å². The van der Waals surface area contributed by atoms with Crippen molar-refractivity contribution in [2.45, 2.75) is 45.8 Å². The Hall–Kier alpha value is -2.44. The molecule has 1 heterocycles. The fourth-order valence-electron chi connectivity index (χ4n) is 2.65. The van der Waals surface area contributed by atoms with Crippen molar-refractivity contribution in [3.05, 3.63) is 46.6 Å². The Labute approximate surface area is 141 Å². The molecule has 0 aliphatic heterocycles. The minimum absolute atomic E-state index is 0.0335. The SMILES string of the molecule is CC1[CH]C(NC(=O)OC(C)(C)C)C=C(c2ccncc2[N+](=O)[O-])C1. The summed E-state index contributed by atoms with van der Waals surface area (Å²) in [6.45, 7) is 7.38. The molecule has 1 radical (unpaired) electrons. The first-order chi connectivity index (χ1) is 11.2. The zero-order valence-electron chi connectivity index (χ0n) is 14.3. The molecule has 2 atom stereocenters. The van der Waals surface area contributed by atoms with Gasteiger partial charge in [0.2, 0.25) is 0 Å². The van der Waals surface area contributed by atoms with Crippen molar-refractivity contribution in [3.63, 3.8) is 0 Å². The normalized spacial score (nSPS) is 20.9. The number of amides is 1. The van der Waals surface area contributed by atoms with E-state index in [-0.39, 0.29) is 17.6 Å². The molecule has 1 aromatic heterocycles. The molecule has 1 aliphatic carbocycles. The van der Waals surface area contributed by atoms with Crippen LogP contribution in [-0.4, -0.2) is 27.6 Å². The number of alkyl carbamates (subject to hydrolysis) is 1. The Balaban J connectivity index is 2.23. The van der Waals surface area contributed by atoms with Crippen LogP contribution in [0.5, 0.6) is 0 Å².